The Kier molecular flexibility index (Phi) is 5.29. The second-order valence-electron chi connectivity index (χ2n) is 5.90. The van der Waals surface area contributed by atoms with Crippen LogP contribution in [-0.2, 0) is 26.4 Å². The molecule has 134 valence electrons. The number of nitrogens with zero attached hydrogens (tertiary/aromatic N) is 2. The minimum Gasteiger partial charge on any atom is -0.264 e. The van der Waals surface area contributed by atoms with Gasteiger partial charge in [0.15, 0.2) is 9.84 Å². The number of rotatable bonds is 5. The summed E-state index contributed by atoms with van der Waals surface area (Å²) in [4.78, 5) is 4.14. The van der Waals surface area contributed by atoms with Gasteiger partial charge < -0.3 is 0 Å². The van der Waals surface area contributed by atoms with Gasteiger partial charge in [-0.25, -0.2) is 16.8 Å². The summed E-state index contributed by atoms with van der Waals surface area (Å²) in [6.45, 7) is 0.0810. The molecule has 1 fully saturated rings. The monoisotopic (exact) mass is 444 g/mol. The minimum absolute atomic E-state index is 0.00663. The van der Waals surface area contributed by atoms with Gasteiger partial charge in [0, 0.05) is 29.5 Å². The largest absolute Gasteiger partial charge is 0.264 e. The van der Waals surface area contributed by atoms with Gasteiger partial charge >= 0.3 is 0 Å². The van der Waals surface area contributed by atoms with E-state index in [-0.39, 0.29) is 22.9 Å². The zero-order valence-corrected chi connectivity index (χ0v) is 16.5. The Bertz CT molecular complexity index is 963. The van der Waals surface area contributed by atoms with Crippen molar-refractivity contribution in [1.29, 1.82) is 0 Å². The van der Waals surface area contributed by atoms with Gasteiger partial charge in [0.2, 0.25) is 10.0 Å². The van der Waals surface area contributed by atoms with Crippen LogP contribution < -0.4 is 0 Å². The Labute approximate surface area is 156 Å². The van der Waals surface area contributed by atoms with E-state index in [0.717, 1.165) is 0 Å². The van der Waals surface area contributed by atoms with Crippen LogP contribution in [0, 0.1) is 0 Å². The highest BCUT2D eigenvalue weighted by atomic mass is 79.9. The molecule has 1 atom stereocenters. The first-order valence-corrected chi connectivity index (χ1v) is 11.7. The Morgan fingerprint density at radius 1 is 1.20 bits per heavy atom. The summed E-state index contributed by atoms with van der Waals surface area (Å²) < 4.78 is 52.0. The van der Waals surface area contributed by atoms with Crippen molar-refractivity contribution >= 4 is 35.8 Å². The van der Waals surface area contributed by atoms with Crippen molar-refractivity contribution in [2.45, 2.75) is 23.9 Å². The number of halogens is 1. The summed E-state index contributed by atoms with van der Waals surface area (Å²) in [5.74, 6) is -0.149. The molecular weight excluding hydrogens is 428 g/mol. The zero-order valence-electron chi connectivity index (χ0n) is 13.2. The molecule has 25 heavy (non-hydrogen) atoms. The van der Waals surface area contributed by atoms with E-state index in [1.807, 2.05) is 0 Å². The fourth-order valence-corrected chi connectivity index (χ4v) is 7.30. The van der Waals surface area contributed by atoms with Gasteiger partial charge in [0.05, 0.1) is 16.4 Å². The molecule has 0 spiro atoms. The predicted octanol–water partition coefficient (Wildman–Crippen LogP) is 2.22. The maximum Gasteiger partial charge on any atom is 0.244 e. The van der Waals surface area contributed by atoms with Crippen molar-refractivity contribution in [2.75, 3.05) is 11.5 Å². The third-order valence-electron chi connectivity index (χ3n) is 4.10. The quantitative estimate of drug-likeness (QED) is 0.705. The van der Waals surface area contributed by atoms with Gasteiger partial charge in [-0.1, -0.05) is 18.2 Å². The second kappa shape index (κ2) is 7.14. The number of pyridine rings is 1. The summed E-state index contributed by atoms with van der Waals surface area (Å²) in [5.41, 5.74) is 0.711. The predicted molar refractivity (Wildman–Crippen MR) is 98.2 cm³/mol. The first-order chi connectivity index (χ1) is 11.8. The summed E-state index contributed by atoms with van der Waals surface area (Å²) in [6, 6.07) is 9.46. The SMILES string of the molecule is O=S1(=O)CCC(N(Cc2cccnc2)S(=O)(=O)c2ccccc2Br)C1. The average molecular weight is 445 g/mol. The first kappa shape index (κ1) is 18.5. The van der Waals surface area contributed by atoms with E-state index in [1.165, 1.54) is 10.4 Å². The molecule has 0 saturated carbocycles. The Balaban J connectivity index is 2.03. The Morgan fingerprint density at radius 2 is 1.96 bits per heavy atom. The maximum atomic E-state index is 13.2. The fourth-order valence-electron chi connectivity index (χ4n) is 2.86. The van der Waals surface area contributed by atoms with E-state index in [1.54, 1.807) is 42.7 Å². The number of benzene rings is 1. The van der Waals surface area contributed by atoms with E-state index in [9.17, 15) is 16.8 Å². The third-order valence-corrected chi connectivity index (χ3v) is 8.76. The number of sulfonamides is 1. The molecule has 1 aliphatic rings. The van der Waals surface area contributed by atoms with Gasteiger partial charge in [-0.2, -0.15) is 4.31 Å². The molecule has 2 aromatic rings. The van der Waals surface area contributed by atoms with Gasteiger partial charge in [-0.3, -0.25) is 4.98 Å². The molecule has 0 bridgehead atoms. The van der Waals surface area contributed by atoms with Crippen LogP contribution in [0.3, 0.4) is 0 Å². The highest BCUT2D eigenvalue weighted by Crippen LogP contribution is 2.30. The Hall–Kier alpha value is -1.29. The third kappa shape index (κ3) is 4.11. The van der Waals surface area contributed by atoms with Crippen molar-refractivity contribution in [2.24, 2.45) is 0 Å². The van der Waals surface area contributed by atoms with Crippen LogP contribution >= 0.6 is 15.9 Å². The van der Waals surface area contributed by atoms with Crippen LogP contribution in [0.4, 0.5) is 0 Å². The normalized spacial score (nSPS) is 20.0. The lowest BCUT2D eigenvalue weighted by Gasteiger charge is -2.27. The van der Waals surface area contributed by atoms with Crippen LogP contribution in [0.15, 0.2) is 58.2 Å². The van der Waals surface area contributed by atoms with Crippen molar-refractivity contribution in [3.05, 3.63) is 58.8 Å². The van der Waals surface area contributed by atoms with E-state index in [4.69, 9.17) is 0 Å². The van der Waals surface area contributed by atoms with E-state index in [0.29, 0.717) is 16.5 Å². The van der Waals surface area contributed by atoms with Crippen LogP contribution in [0.1, 0.15) is 12.0 Å². The Morgan fingerprint density at radius 3 is 2.56 bits per heavy atom. The number of aromatic nitrogens is 1. The standard InChI is InChI=1S/C16H17BrN2O4S2/c17-15-5-1-2-6-16(15)25(22,23)19(11-13-4-3-8-18-10-13)14-7-9-24(20,21)12-14/h1-6,8,10,14H,7,9,11-12H2. The van der Waals surface area contributed by atoms with Crippen molar-refractivity contribution < 1.29 is 16.8 Å². The molecule has 0 aliphatic carbocycles. The molecule has 1 aromatic heterocycles. The summed E-state index contributed by atoms with van der Waals surface area (Å²) >= 11 is 3.28. The molecule has 1 unspecified atom stereocenters. The van der Waals surface area contributed by atoms with Crippen LogP contribution in [0.2, 0.25) is 0 Å². The van der Waals surface area contributed by atoms with Gasteiger partial charge in [0.25, 0.3) is 0 Å². The number of hydrogen-bond donors (Lipinski definition) is 0. The molecule has 2 heterocycles. The fraction of sp³-hybridized carbons (Fsp3) is 0.312. The smallest absolute Gasteiger partial charge is 0.244 e. The number of hydrogen-bond acceptors (Lipinski definition) is 5. The van der Waals surface area contributed by atoms with Crippen molar-refractivity contribution in [3.8, 4) is 0 Å². The average Bonchev–Trinajstić information content (AvgIpc) is 2.93. The summed E-state index contributed by atoms with van der Waals surface area (Å²) in [6.07, 6.45) is 3.49. The van der Waals surface area contributed by atoms with Crippen molar-refractivity contribution in [1.82, 2.24) is 9.29 Å². The molecule has 0 radical (unpaired) electrons. The topological polar surface area (TPSA) is 84.4 Å². The molecule has 1 saturated heterocycles. The highest BCUT2D eigenvalue weighted by Gasteiger charge is 2.39. The van der Waals surface area contributed by atoms with Crippen LogP contribution in [0.25, 0.3) is 0 Å². The molecule has 1 aromatic carbocycles. The minimum atomic E-state index is -3.87. The molecule has 0 N–H and O–H groups in total. The van der Waals surface area contributed by atoms with E-state index >= 15 is 0 Å². The molecule has 3 rings (SSSR count). The lowest BCUT2D eigenvalue weighted by molar-refractivity contribution is 0.334. The maximum absolute atomic E-state index is 13.2. The molecule has 0 amide bonds. The lowest BCUT2D eigenvalue weighted by atomic mass is 10.2. The van der Waals surface area contributed by atoms with Crippen LogP contribution in [-0.4, -0.2) is 43.7 Å². The van der Waals surface area contributed by atoms with E-state index < -0.39 is 25.9 Å². The summed E-state index contributed by atoms with van der Waals surface area (Å²) in [5, 5.41) is 0. The van der Waals surface area contributed by atoms with Gasteiger partial charge in [-0.05, 0) is 46.1 Å². The van der Waals surface area contributed by atoms with Crippen molar-refractivity contribution in [3.63, 3.8) is 0 Å². The molecule has 6 nitrogen and oxygen atoms in total. The van der Waals surface area contributed by atoms with E-state index in [2.05, 4.69) is 20.9 Å². The zero-order chi connectivity index (χ0) is 18.1. The number of sulfone groups is 1. The van der Waals surface area contributed by atoms with Gasteiger partial charge in [0.1, 0.15) is 0 Å². The lowest BCUT2D eigenvalue weighted by Crippen LogP contribution is -2.40. The highest BCUT2D eigenvalue weighted by molar-refractivity contribution is 9.10. The summed E-state index contributed by atoms with van der Waals surface area (Å²) in [7, 11) is -7.09. The second-order valence-corrected chi connectivity index (χ2v) is 10.8. The first-order valence-electron chi connectivity index (χ1n) is 7.65. The molecule has 1 aliphatic heterocycles. The van der Waals surface area contributed by atoms with Crippen LogP contribution in [0.5, 0.6) is 0 Å². The van der Waals surface area contributed by atoms with Gasteiger partial charge in [-0.15, -0.1) is 0 Å². The molecular formula is C16H17BrN2O4S2. The molecule has 9 heteroatoms.